The quantitative estimate of drug-likeness (QED) is 0.831. The largest absolute Gasteiger partial charge is 0.494 e. The van der Waals surface area contributed by atoms with Crippen molar-refractivity contribution in [1.82, 2.24) is 4.90 Å². The molecule has 1 atom stereocenters. The van der Waals surface area contributed by atoms with Crippen molar-refractivity contribution in [3.8, 4) is 17.2 Å². The molecule has 2 aromatic rings. The highest BCUT2D eigenvalue weighted by atomic mass is 16.5. The lowest BCUT2D eigenvalue weighted by molar-refractivity contribution is 0.222. The van der Waals surface area contributed by atoms with Crippen molar-refractivity contribution in [2.24, 2.45) is 0 Å². The molecule has 0 radical (unpaired) electrons. The molecule has 0 saturated carbocycles. The second-order valence-electron chi connectivity index (χ2n) is 6.41. The Morgan fingerprint density at radius 3 is 2.74 bits per heavy atom. The number of methoxy groups -OCH3 is 2. The number of nitrogens with one attached hydrogen (secondary N) is 1. The summed E-state index contributed by atoms with van der Waals surface area (Å²) in [6, 6.07) is 13.2. The van der Waals surface area contributed by atoms with Crippen LogP contribution in [0.5, 0.6) is 17.2 Å². The highest BCUT2D eigenvalue weighted by Crippen LogP contribution is 2.39. The van der Waals surface area contributed by atoms with Crippen molar-refractivity contribution in [1.29, 1.82) is 0 Å². The van der Waals surface area contributed by atoms with Gasteiger partial charge in [0.2, 0.25) is 0 Å². The Kier molecular flexibility index (Phi) is 6.06. The van der Waals surface area contributed by atoms with Gasteiger partial charge in [0.1, 0.15) is 5.75 Å². The molecule has 0 bridgehead atoms. The number of carbonyl (C=O) groups excluding carboxylic acids is 1. The average molecular weight is 370 g/mol. The van der Waals surface area contributed by atoms with Crippen molar-refractivity contribution in [2.45, 2.75) is 19.3 Å². The summed E-state index contributed by atoms with van der Waals surface area (Å²) in [5.74, 6) is 2.42. The molecule has 144 valence electrons. The number of rotatable bonds is 6. The van der Waals surface area contributed by atoms with Crippen molar-refractivity contribution < 1.29 is 19.0 Å². The Morgan fingerprint density at radius 2 is 2.00 bits per heavy atom. The number of likely N-dealkylation sites (tertiary alicyclic amines) is 1. The lowest BCUT2D eigenvalue weighted by atomic mass is 9.97. The van der Waals surface area contributed by atoms with E-state index in [0.717, 1.165) is 29.2 Å². The summed E-state index contributed by atoms with van der Waals surface area (Å²) >= 11 is 0. The third kappa shape index (κ3) is 4.27. The van der Waals surface area contributed by atoms with Gasteiger partial charge in [-0.15, -0.1) is 0 Å². The molecule has 0 unspecified atom stereocenters. The summed E-state index contributed by atoms with van der Waals surface area (Å²) in [5, 5.41) is 2.96. The number of para-hydroxylation sites is 1. The predicted molar refractivity (Wildman–Crippen MR) is 105 cm³/mol. The van der Waals surface area contributed by atoms with Crippen LogP contribution in [0.2, 0.25) is 0 Å². The van der Waals surface area contributed by atoms with E-state index in [4.69, 9.17) is 14.2 Å². The maximum atomic E-state index is 12.7. The summed E-state index contributed by atoms with van der Waals surface area (Å²) in [7, 11) is 3.28. The lowest BCUT2D eigenvalue weighted by Crippen LogP contribution is -2.32. The van der Waals surface area contributed by atoms with Crippen LogP contribution in [0.3, 0.4) is 0 Å². The monoisotopic (exact) mass is 370 g/mol. The molecule has 1 heterocycles. The van der Waals surface area contributed by atoms with Gasteiger partial charge in [0.15, 0.2) is 11.5 Å². The van der Waals surface area contributed by atoms with Crippen molar-refractivity contribution in [3.05, 3.63) is 48.0 Å². The van der Waals surface area contributed by atoms with Gasteiger partial charge in [0.05, 0.1) is 20.8 Å². The lowest BCUT2D eigenvalue weighted by Gasteiger charge is -2.19. The Hall–Kier alpha value is -2.89. The van der Waals surface area contributed by atoms with Gasteiger partial charge in [-0.3, -0.25) is 0 Å². The summed E-state index contributed by atoms with van der Waals surface area (Å²) in [6.07, 6.45) is 0.885. The molecule has 6 heteroatoms. The molecule has 0 aliphatic carbocycles. The van der Waals surface area contributed by atoms with E-state index in [1.165, 1.54) is 0 Å². The molecule has 6 nitrogen and oxygen atoms in total. The Bertz CT molecular complexity index is 794. The summed E-state index contributed by atoms with van der Waals surface area (Å²) in [4.78, 5) is 14.5. The smallest absolute Gasteiger partial charge is 0.321 e. The average Bonchev–Trinajstić information content (AvgIpc) is 3.18. The van der Waals surface area contributed by atoms with Crippen LogP contribution in [-0.4, -0.2) is 44.8 Å². The highest BCUT2D eigenvalue weighted by Gasteiger charge is 2.30. The van der Waals surface area contributed by atoms with Gasteiger partial charge >= 0.3 is 6.03 Å². The number of ether oxygens (including phenoxy) is 3. The van der Waals surface area contributed by atoms with Crippen LogP contribution in [-0.2, 0) is 0 Å². The van der Waals surface area contributed by atoms with E-state index in [1.807, 2.05) is 54.3 Å². The highest BCUT2D eigenvalue weighted by molar-refractivity contribution is 5.89. The number of urea groups is 1. The molecular weight excluding hydrogens is 344 g/mol. The Labute approximate surface area is 160 Å². The fourth-order valence-corrected chi connectivity index (χ4v) is 3.46. The van der Waals surface area contributed by atoms with Crippen LogP contribution >= 0.6 is 0 Å². The van der Waals surface area contributed by atoms with E-state index in [9.17, 15) is 4.79 Å². The van der Waals surface area contributed by atoms with E-state index in [-0.39, 0.29) is 11.9 Å². The van der Waals surface area contributed by atoms with Gasteiger partial charge in [-0.2, -0.15) is 0 Å². The minimum atomic E-state index is -0.104. The van der Waals surface area contributed by atoms with Crippen molar-refractivity contribution in [3.63, 3.8) is 0 Å². The van der Waals surface area contributed by atoms with Gasteiger partial charge in [0, 0.05) is 36.3 Å². The number of nitrogens with zero attached hydrogens (tertiary/aromatic N) is 1. The zero-order valence-electron chi connectivity index (χ0n) is 16.0. The van der Waals surface area contributed by atoms with Gasteiger partial charge in [-0.1, -0.05) is 18.2 Å². The van der Waals surface area contributed by atoms with E-state index in [2.05, 4.69) is 5.32 Å². The van der Waals surface area contributed by atoms with E-state index < -0.39 is 0 Å². The fraction of sp³-hybridized carbons (Fsp3) is 0.381. The van der Waals surface area contributed by atoms with Crippen LogP contribution < -0.4 is 19.5 Å². The van der Waals surface area contributed by atoms with E-state index in [0.29, 0.717) is 25.4 Å². The SMILES string of the molecule is CCOc1cccc(NC(=O)N2CC[C@@H](c3cccc(OC)c3OC)C2)c1. The van der Waals surface area contributed by atoms with Crippen LogP contribution in [0, 0.1) is 0 Å². The number of amides is 2. The second kappa shape index (κ2) is 8.66. The summed E-state index contributed by atoms with van der Waals surface area (Å²) < 4.78 is 16.4. The minimum Gasteiger partial charge on any atom is -0.494 e. The second-order valence-corrected chi connectivity index (χ2v) is 6.41. The number of carbonyl (C=O) groups is 1. The molecule has 27 heavy (non-hydrogen) atoms. The normalized spacial score (nSPS) is 16.1. The standard InChI is InChI=1S/C21H26N2O4/c1-4-27-17-8-5-7-16(13-17)22-21(24)23-12-11-15(14-23)18-9-6-10-19(25-2)20(18)26-3/h5-10,13,15H,4,11-12,14H2,1-3H3,(H,22,24)/t15-/m1/s1. The van der Waals surface area contributed by atoms with Crippen LogP contribution in [0.15, 0.2) is 42.5 Å². The number of hydrogen-bond donors (Lipinski definition) is 1. The molecule has 3 rings (SSSR count). The number of benzene rings is 2. The zero-order chi connectivity index (χ0) is 19.2. The predicted octanol–water partition coefficient (Wildman–Crippen LogP) is 4.12. The summed E-state index contributed by atoms with van der Waals surface area (Å²) in [5.41, 5.74) is 1.80. The minimum absolute atomic E-state index is 0.104. The molecule has 1 N–H and O–H groups in total. The van der Waals surface area contributed by atoms with E-state index >= 15 is 0 Å². The third-order valence-corrected chi connectivity index (χ3v) is 4.75. The van der Waals surface area contributed by atoms with Crippen LogP contribution in [0.4, 0.5) is 10.5 Å². The molecular formula is C21H26N2O4. The van der Waals surface area contributed by atoms with Gasteiger partial charge < -0.3 is 24.4 Å². The first-order chi connectivity index (χ1) is 13.2. The van der Waals surface area contributed by atoms with E-state index in [1.54, 1.807) is 14.2 Å². The topological polar surface area (TPSA) is 60.0 Å². The molecule has 0 spiro atoms. The van der Waals surface area contributed by atoms with Crippen molar-refractivity contribution in [2.75, 3.05) is 39.2 Å². The first kappa shape index (κ1) is 18.9. The Balaban J connectivity index is 1.67. The van der Waals surface area contributed by atoms with Crippen LogP contribution in [0.1, 0.15) is 24.8 Å². The number of anilines is 1. The fourth-order valence-electron chi connectivity index (χ4n) is 3.46. The Morgan fingerprint density at radius 1 is 1.19 bits per heavy atom. The summed E-state index contributed by atoms with van der Waals surface area (Å²) in [6.45, 7) is 3.86. The maximum absolute atomic E-state index is 12.7. The van der Waals surface area contributed by atoms with Crippen LogP contribution in [0.25, 0.3) is 0 Å². The first-order valence-electron chi connectivity index (χ1n) is 9.16. The molecule has 2 amide bonds. The third-order valence-electron chi connectivity index (χ3n) is 4.75. The van der Waals surface area contributed by atoms with Gasteiger partial charge in [0.25, 0.3) is 0 Å². The molecule has 1 fully saturated rings. The first-order valence-corrected chi connectivity index (χ1v) is 9.16. The molecule has 0 aromatic heterocycles. The maximum Gasteiger partial charge on any atom is 0.321 e. The number of hydrogen-bond acceptors (Lipinski definition) is 4. The molecule has 1 saturated heterocycles. The van der Waals surface area contributed by atoms with Crippen molar-refractivity contribution >= 4 is 11.7 Å². The molecule has 1 aliphatic rings. The van der Waals surface area contributed by atoms with Gasteiger partial charge in [-0.25, -0.2) is 4.79 Å². The van der Waals surface area contributed by atoms with Gasteiger partial charge in [-0.05, 0) is 31.5 Å². The molecule has 2 aromatic carbocycles. The zero-order valence-corrected chi connectivity index (χ0v) is 16.0. The molecule has 1 aliphatic heterocycles.